The zero-order chi connectivity index (χ0) is 17.1. The van der Waals surface area contributed by atoms with E-state index in [2.05, 4.69) is 10.3 Å². The minimum absolute atomic E-state index is 0.214. The molecule has 7 heteroatoms. The van der Waals surface area contributed by atoms with Gasteiger partial charge in [-0.2, -0.15) is 5.10 Å². The standard InChI is InChI=1S/C16H19ClFN3O2/c1-6-13-14(18)15(19-21(13)3)10-8-11(12(17)7-9(10)2)16(22-4)20-23-5/h7-8H,6H2,1-5H3/b20-16+. The first kappa shape index (κ1) is 17.3. The lowest BCUT2D eigenvalue weighted by atomic mass is 10.0. The Kier molecular flexibility index (Phi) is 5.26. The van der Waals surface area contributed by atoms with Gasteiger partial charge in [-0.15, -0.1) is 0 Å². The van der Waals surface area contributed by atoms with E-state index in [1.54, 1.807) is 23.9 Å². The first-order valence-corrected chi connectivity index (χ1v) is 7.49. The molecule has 1 aromatic carbocycles. The summed E-state index contributed by atoms with van der Waals surface area (Å²) in [5.74, 6) is -0.111. The summed E-state index contributed by atoms with van der Waals surface area (Å²) in [5.41, 5.74) is 2.80. The van der Waals surface area contributed by atoms with Crippen molar-refractivity contribution < 1.29 is 14.0 Å². The molecule has 0 fully saturated rings. The molecule has 0 aliphatic rings. The van der Waals surface area contributed by atoms with Gasteiger partial charge in [0.25, 0.3) is 5.90 Å². The molecular weight excluding hydrogens is 321 g/mol. The number of methoxy groups -OCH3 is 1. The summed E-state index contributed by atoms with van der Waals surface area (Å²) in [6.45, 7) is 3.74. The summed E-state index contributed by atoms with van der Waals surface area (Å²) in [7, 11) is 4.60. The monoisotopic (exact) mass is 339 g/mol. The number of oxime groups is 1. The molecule has 0 aliphatic heterocycles. The van der Waals surface area contributed by atoms with Crippen LogP contribution in [-0.2, 0) is 23.0 Å². The van der Waals surface area contributed by atoms with Crippen molar-refractivity contribution in [2.75, 3.05) is 14.2 Å². The highest BCUT2D eigenvalue weighted by molar-refractivity contribution is 6.34. The number of rotatable bonds is 4. The average molecular weight is 340 g/mol. The van der Waals surface area contributed by atoms with Crippen molar-refractivity contribution in [3.8, 4) is 11.3 Å². The fourth-order valence-electron chi connectivity index (χ4n) is 2.46. The summed E-state index contributed by atoms with van der Waals surface area (Å²) in [6, 6.07) is 3.44. The van der Waals surface area contributed by atoms with Crippen molar-refractivity contribution in [3.63, 3.8) is 0 Å². The summed E-state index contributed by atoms with van der Waals surface area (Å²) in [6.07, 6.45) is 0.559. The summed E-state index contributed by atoms with van der Waals surface area (Å²) < 4.78 is 21.4. The van der Waals surface area contributed by atoms with Crippen molar-refractivity contribution in [2.45, 2.75) is 20.3 Å². The van der Waals surface area contributed by atoms with E-state index in [0.717, 1.165) is 5.56 Å². The lowest BCUT2D eigenvalue weighted by Gasteiger charge is -2.11. The summed E-state index contributed by atoms with van der Waals surface area (Å²) in [5, 5.41) is 8.53. The Morgan fingerprint density at radius 1 is 1.39 bits per heavy atom. The zero-order valence-electron chi connectivity index (χ0n) is 13.8. The molecule has 1 heterocycles. The fourth-order valence-corrected chi connectivity index (χ4v) is 2.76. The van der Waals surface area contributed by atoms with Gasteiger partial charge in [0.05, 0.1) is 23.4 Å². The van der Waals surface area contributed by atoms with E-state index in [9.17, 15) is 4.39 Å². The topological polar surface area (TPSA) is 48.6 Å². The third kappa shape index (κ3) is 3.17. The molecule has 0 amide bonds. The molecule has 23 heavy (non-hydrogen) atoms. The van der Waals surface area contributed by atoms with Gasteiger partial charge in [-0.25, -0.2) is 4.39 Å². The minimum Gasteiger partial charge on any atom is -0.478 e. The lowest BCUT2D eigenvalue weighted by Crippen LogP contribution is -2.06. The van der Waals surface area contributed by atoms with Gasteiger partial charge in [-0.05, 0) is 36.2 Å². The van der Waals surface area contributed by atoms with Gasteiger partial charge in [0.15, 0.2) is 5.82 Å². The van der Waals surface area contributed by atoms with Gasteiger partial charge in [0.1, 0.15) is 12.8 Å². The SMILES string of the molecule is CCc1c(F)c(-c2cc(/C(=N\OC)OC)c(Cl)cc2C)nn1C. The van der Waals surface area contributed by atoms with Gasteiger partial charge >= 0.3 is 0 Å². The number of nitrogens with zero attached hydrogens (tertiary/aromatic N) is 3. The number of ether oxygens (including phenoxy) is 1. The van der Waals surface area contributed by atoms with Gasteiger partial charge < -0.3 is 9.57 Å². The van der Waals surface area contributed by atoms with Gasteiger partial charge in [0, 0.05) is 12.6 Å². The Hall–Kier alpha value is -2.08. The molecule has 124 valence electrons. The molecule has 0 saturated heterocycles. The van der Waals surface area contributed by atoms with Crippen LogP contribution in [0.15, 0.2) is 17.3 Å². The molecule has 0 aliphatic carbocycles. The highest BCUT2D eigenvalue weighted by Gasteiger charge is 2.21. The molecule has 0 atom stereocenters. The highest BCUT2D eigenvalue weighted by atomic mass is 35.5. The minimum atomic E-state index is -0.325. The van der Waals surface area contributed by atoms with E-state index in [-0.39, 0.29) is 17.4 Å². The summed E-state index contributed by atoms with van der Waals surface area (Å²) >= 11 is 6.27. The highest BCUT2D eigenvalue weighted by Crippen LogP contribution is 2.31. The van der Waals surface area contributed by atoms with Crippen LogP contribution >= 0.6 is 11.6 Å². The van der Waals surface area contributed by atoms with Gasteiger partial charge in [0.2, 0.25) is 0 Å². The number of hydrogen-bond acceptors (Lipinski definition) is 4. The Morgan fingerprint density at radius 2 is 2.09 bits per heavy atom. The van der Waals surface area contributed by atoms with Crippen LogP contribution in [0.5, 0.6) is 0 Å². The molecule has 5 nitrogen and oxygen atoms in total. The van der Waals surface area contributed by atoms with Crippen LogP contribution in [0.3, 0.4) is 0 Å². The molecule has 0 N–H and O–H groups in total. The number of halogens is 2. The zero-order valence-corrected chi connectivity index (χ0v) is 14.5. The van der Waals surface area contributed by atoms with Crippen molar-refractivity contribution in [1.29, 1.82) is 0 Å². The number of benzene rings is 1. The number of hydrogen-bond donors (Lipinski definition) is 0. The van der Waals surface area contributed by atoms with Gasteiger partial charge in [-0.1, -0.05) is 18.5 Å². The second-order valence-electron chi connectivity index (χ2n) is 5.02. The predicted molar refractivity (Wildman–Crippen MR) is 88.3 cm³/mol. The maximum absolute atomic E-state index is 14.6. The third-order valence-electron chi connectivity index (χ3n) is 3.60. The molecule has 0 radical (unpaired) electrons. The second-order valence-corrected chi connectivity index (χ2v) is 5.42. The Labute approximate surface area is 139 Å². The van der Waals surface area contributed by atoms with E-state index in [4.69, 9.17) is 21.2 Å². The van der Waals surface area contributed by atoms with Crippen LogP contribution in [-0.4, -0.2) is 29.9 Å². The molecule has 0 unspecified atom stereocenters. The van der Waals surface area contributed by atoms with Gasteiger partial charge in [-0.3, -0.25) is 4.68 Å². The van der Waals surface area contributed by atoms with E-state index < -0.39 is 0 Å². The molecule has 2 aromatic rings. The molecule has 1 aromatic heterocycles. The third-order valence-corrected chi connectivity index (χ3v) is 3.92. The summed E-state index contributed by atoms with van der Waals surface area (Å²) in [4.78, 5) is 4.75. The van der Waals surface area contributed by atoms with E-state index in [1.807, 2.05) is 13.8 Å². The molecule has 0 saturated carbocycles. The van der Waals surface area contributed by atoms with E-state index in [1.165, 1.54) is 14.2 Å². The van der Waals surface area contributed by atoms with E-state index in [0.29, 0.717) is 28.3 Å². The maximum atomic E-state index is 14.6. The van der Waals surface area contributed by atoms with E-state index >= 15 is 0 Å². The second kappa shape index (κ2) is 7.00. The fraction of sp³-hybridized carbons (Fsp3) is 0.375. The van der Waals surface area contributed by atoms with Crippen LogP contribution in [0.25, 0.3) is 11.3 Å². The quantitative estimate of drug-likeness (QED) is 0.485. The normalized spacial score (nSPS) is 11.7. The molecule has 2 rings (SSSR count). The largest absolute Gasteiger partial charge is 0.478 e. The van der Waals surface area contributed by atoms with Crippen molar-refractivity contribution >= 4 is 17.5 Å². The smallest absolute Gasteiger partial charge is 0.258 e. The first-order chi connectivity index (χ1) is 10.9. The first-order valence-electron chi connectivity index (χ1n) is 7.11. The van der Waals surface area contributed by atoms with Crippen LogP contribution in [0.4, 0.5) is 4.39 Å². The van der Waals surface area contributed by atoms with Crippen molar-refractivity contribution in [2.24, 2.45) is 12.2 Å². The van der Waals surface area contributed by atoms with Crippen molar-refractivity contribution in [3.05, 3.63) is 39.8 Å². The molecular formula is C16H19ClFN3O2. The average Bonchev–Trinajstić information content (AvgIpc) is 2.79. The lowest BCUT2D eigenvalue weighted by molar-refractivity contribution is 0.200. The number of aromatic nitrogens is 2. The van der Waals surface area contributed by atoms with Crippen LogP contribution in [0, 0.1) is 12.7 Å². The Balaban J connectivity index is 2.67. The predicted octanol–water partition coefficient (Wildman–Crippen LogP) is 3.70. The van der Waals surface area contributed by atoms with Crippen molar-refractivity contribution in [1.82, 2.24) is 9.78 Å². The Bertz CT molecular complexity index is 756. The maximum Gasteiger partial charge on any atom is 0.258 e. The Morgan fingerprint density at radius 3 is 2.61 bits per heavy atom. The molecule has 0 spiro atoms. The van der Waals surface area contributed by atoms with Crippen LogP contribution in [0.2, 0.25) is 5.02 Å². The van der Waals surface area contributed by atoms with Crippen LogP contribution in [0.1, 0.15) is 23.7 Å². The molecule has 0 bridgehead atoms. The number of aryl methyl sites for hydroxylation is 2. The van der Waals surface area contributed by atoms with Crippen LogP contribution < -0.4 is 0 Å².